The molecule has 1 saturated heterocycles. The second-order valence-corrected chi connectivity index (χ2v) is 4.91. The van der Waals surface area contributed by atoms with Crippen molar-refractivity contribution in [2.45, 2.75) is 51.5 Å². The Labute approximate surface area is 98.3 Å². The maximum atomic E-state index is 4.33. The first-order valence-electron chi connectivity index (χ1n) is 6.55. The van der Waals surface area contributed by atoms with Crippen LogP contribution in [-0.2, 0) is 0 Å². The molecule has 1 aromatic heterocycles. The maximum absolute atomic E-state index is 4.33. The molecule has 0 amide bonds. The zero-order valence-corrected chi connectivity index (χ0v) is 10.4. The zero-order valence-electron chi connectivity index (χ0n) is 10.4. The lowest BCUT2D eigenvalue weighted by Gasteiger charge is -2.19. The van der Waals surface area contributed by atoms with Gasteiger partial charge >= 0.3 is 0 Å². The largest absolute Gasteiger partial charge is 0.332 e. The van der Waals surface area contributed by atoms with E-state index in [0.717, 1.165) is 13.1 Å². The van der Waals surface area contributed by atoms with Crippen molar-refractivity contribution < 1.29 is 0 Å². The molecule has 0 bridgehead atoms. The van der Waals surface area contributed by atoms with Gasteiger partial charge in [-0.05, 0) is 26.3 Å². The minimum atomic E-state index is 0.595. The number of nitrogens with zero attached hydrogens (tertiary/aromatic N) is 2. The number of hydrogen-bond acceptors (Lipinski definition) is 2. The molecule has 2 heterocycles. The summed E-state index contributed by atoms with van der Waals surface area (Å²) < 4.78 is 2.38. The Balaban J connectivity index is 2.05. The predicted octanol–water partition coefficient (Wildman–Crippen LogP) is 2.71. The molecule has 0 aliphatic carbocycles. The maximum Gasteiger partial charge on any atom is 0.0950 e. The molecule has 2 unspecified atom stereocenters. The Morgan fingerprint density at radius 3 is 3.19 bits per heavy atom. The van der Waals surface area contributed by atoms with E-state index in [1.807, 2.05) is 6.33 Å². The van der Waals surface area contributed by atoms with E-state index in [1.54, 1.807) is 0 Å². The summed E-state index contributed by atoms with van der Waals surface area (Å²) in [5.41, 5.74) is 1.42. The van der Waals surface area contributed by atoms with Crippen LogP contribution < -0.4 is 5.32 Å². The van der Waals surface area contributed by atoms with Crippen molar-refractivity contribution in [2.24, 2.45) is 0 Å². The SMILES string of the molecule is CCCCC(C)n1cncc1C1CCNC1. The summed E-state index contributed by atoms with van der Waals surface area (Å²) in [7, 11) is 0. The first-order valence-corrected chi connectivity index (χ1v) is 6.55. The molecule has 3 heteroatoms. The predicted molar refractivity (Wildman–Crippen MR) is 66.7 cm³/mol. The van der Waals surface area contributed by atoms with Gasteiger partial charge in [-0.25, -0.2) is 4.98 Å². The molecule has 1 N–H and O–H groups in total. The quantitative estimate of drug-likeness (QED) is 0.828. The fraction of sp³-hybridized carbons (Fsp3) is 0.769. The smallest absolute Gasteiger partial charge is 0.0950 e. The van der Waals surface area contributed by atoms with Crippen molar-refractivity contribution in [2.75, 3.05) is 13.1 Å². The fourth-order valence-electron chi connectivity index (χ4n) is 2.55. The standard InChI is InChI=1S/C13H23N3/c1-3-4-5-11(2)16-10-15-9-13(16)12-6-7-14-8-12/h9-12,14H,3-8H2,1-2H3. The normalized spacial score (nSPS) is 22.5. The number of imidazole rings is 1. The molecule has 1 aliphatic heterocycles. The zero-order chi connectivity index (χ0) is 11.4. The van der Waals surface area contributed by atoms with Crippen LogP contribution in [0.5, 0.6) is 0 Å². The van der Waals surface area contributed by atoms with Crippen LogP contribution >= 0.6 is 0 Å². The van der Waals surface area contributed by atoms with Gasteiger partial charge in [0.15, 0.2) is 0 Å². The molecule has 0 aromatic carbocycles. The van der Waals surface area contributed by atoms with Crippen LogP contribution in [0.1, 0.15) is 57.2 Å². The monoisotopic (exact) mass is 221 g/mol. The van der Waals surface area contributed by atoms with Crippen molar-refractivity contribution in [1.29, 1.82) is 0 Å². The van der Waals surface area contributed by atoms with Gasteiger partial charge in [-0.1, -0.05) is 19.8 Å². The average molecular weight is 221 g/mol. The van der Waals surface area contributed by atoms with Gasteiger partial charge in [-0.2, -0.15) is 0 Å². The Morgan fingerprint density at radius 1 is 1.62 bits per heavy atom. The minimum Gasteiger partial charge on any atom is -0.332 e. The third-order valence-electron chi connectivity index (χ3n) is 3.62. The number of aromatic nitrogens is 2. The van der Waals surface area contributed by atoms with Crippen LogP contribution in [0.25, 0.3) is 0 Å². The van der Waals surface area contributed by atoms with Crippen molar-refractivity contribution in [3.63, 3.8) is 0 Å². The molecular weight excluding hydrogens is 198 g/mol. The third-order valence-corrected chi connectivity index (χ3v) is 3.62. The Hall–Kier alpha value is -0.830. The van der Waals surface area contributed by atoms with Crippen LogP contribution in [0.2, 0.25) is 0 Å². The molecule has 2 rings (SSSR count). The number of nitrogens with one attached hydrogen (secondary N) is 1. The molecule has 1 aliphatic rings. The van der Waals surface area contributed by atoms with E-state index in [9.17, 15) is 0 Å². The second-order valence-electron chi connectivity index (χ2n) is 4.91. The molecular formula is C13H23N3. The lowest BCUT2D eigenvalue weighted by Crippen LogP contribution is -2.14. The van der Waals surface area contributed by atoms with E-state index in [2.05, 4.69) is 34.9 Å². The first kappa shape index (κ1) is 11.6. The van der Waals surface area contributed by atoms with E-state index in [0.29, 0.717) is 12.0 Å². The number of unbranched alkanes of at least 4 members (excludes halogenated alkanes) is 1. The van der Waals surface area contributed by atoms with Gasteiger partial charge in [-0.3, -0.25) is 0 Å². The summed E-state index contributed by atoms with van der Waals surface area (Å²) in [5, 5.41) is 3.43. The Kier molecular flexibility index (Phi) is 3.99. The summed E-state index contributed by atoms with van der Waals surface area (Å²) in [6.07, 6.45) is 9.17. The highest BCUT2D eigenvalue weighted by molar-refractivity contribution is 5.10. The molecule has 90 valence electrons. The average Bonchev–Trinajstić information content (AvgIpc) is 2.94. The Morgan fingerprint density at radius 2 is 2.50 bits per heavy atom. The van der Waals surface area contributed by atoms with Gasteiger partial charge < -0.3 is 9.88 Å². The summed E-state index contributed by atoms with van der Waals surface area (Å²) >= 11 is 0. The highest BCUT2D eigenvalue weighted by atomic mass is 15.1. The minimum absolute atomic E-state index is 0.595. The van der Waals surface area contributed by atoms with Crippen molar-refractivity contribution >= 4 is 0 Å². The van der Waals surface area contributed by atoms with Gasteiger partial charge in [0, 0.05) is 30.4 Å². The summed E-state index contributed by atoms with van der Waals surface area (Å²) in [4.78, 5) is 4.33. The highest BCUT2D eigenvalue weighted by Crippen LogP contribution is 2.26. The summed E-state index contributed by atoms with van der Waals surface area (Å²) in [6, 6.07) is 0.595. The number of hydrogen-bond donors (Lipinski definition) is 1. The van der Waals surface area contributed by atoms with E-state index >= 15 is 0 Å². The van der Waals surface area contributed by atoms with Gasteiger partial charge in [-0.15, -0.1) is 0 Å². The molecule has 0 saturated carbocycles. The van der Waals surface area contributed by atoms with Gasteiger partial charge in [0.05, 0.1) is 6.33 Å². The van der Waals surface area contributed by atoms with Gasteiger partial charge in [0.1, 0.15) is 0 Å². The summed E-state index contributed by atoms with van der Waals surface area (Å²) in [6.45, 7) is 6.83. The van der Waals surface area contributed by atoms with E-state index in [-0.39, 0.29) is 0 Å². The van der Waals surface area contributed by atoms with E-state index < -0.39 is 0 Å². The Bertz CT molecular complexity index is 313. The highest BCUT2D eigenvalue weighted by Gasteiger charge is 2.21. The second kappa shape index (κ2) is 5.48. The molecule has 16 heavy (non-hydrogen) atoms. The van der Waals surface area contributed by atoms with E-state index in [1.165, 1.54) is 31.4 Å². The first-order chi connectivity index (χ1) is 7.83. The molecule has 1 fully saturated rings. The molecule has 3 nitrogen and oxygen atoms in total. The van der Waals surface area contributed by atoms with Crippen LogP contribution in [0, 0.1) is 0 Å². The van der Waals surface area contributed by atoms with Crippen molar-refractivity contribution in [3.8, 4) is 0 Å². The van der Waals surface area contributed by atoms with Crippen LogP contribution in [-0.4, -0.2) is 22.6 Å². The topological polar surface area (TPSA) is 29.9 Å². The van der Waals surface area contributed by atoms with Crippen molar-refractivity contribution in [1.82, 2.24) is 14.9 Å². The lowest BCUT2D eigenvalue weighted by molar-refractivity contribution is 0.461. The van der Waals surface area contributed by atoms with Gasteiger partial charge in [0.25, 0.3) is 0 Å². The lowest BCUT2D eigenvalue weighted by atomic mass is 10.0. The molecule has 1 aromatic rings. The summed E-state index contributed by atoms with van der Waals surface area (Å²) in [5.74, 6) is 0.673. The number of rotatable bonds is 5. The van der Waals surface area contributed by atoms with Crippen LogP contribution in [0.3, 0.4) is 0 Å². The molecule has 0 spiro atoms. The van der Waals surface area contributed by atoms with Crippen LogP contribution in [0.15, 0.2) is 12.5 Å². The molecule has 0 radical (unpaired) electrons. The van der Waals surface area contributed by atoms with Crippen LogP contribution in [0.4, 0.5) is 0 Å². The van der Waals surface area contributed by atoms with Crippen molar-refractivity contribution in [3.05, 3.63) is 18.2 Å². The van der Waals surface area contributed by atoms with Gasteiger partial charge in [0.2, 0.25) is 0 Å². The van der Waals surface area contributed by atoms with E-state index in [4.69, 9.17) is 0 Å². The third kappa shape index (κ3) is 2.46. The molecule has 2 atom stereocenters. The fourth-order valence-corrected chi connectivity index (χ4v) is 2.55.